The zero-order chi connectivity index (χ0) is 20.7. The van der Waals surface area contributed by atoms with Crippen molar-refractivity contribution in [3.8, 4) is 5.75 Å². The van der Waals surface area contributed by atoms with Gasteiger partial charge in [-0.15, -0.1) is 5.10 Å². The molecule has 0 unspecified atom stereocenters. The van der Waals surface area contributed by atoms with E-state index in [1.54, 1.807) is 17.1 Å². The Bertz CT molecular complexity index is 1320. The van der Waals surface area contributed by atoms with Gasteiger partial charge >= 0.3 is 0 Å². The third-order valence-electron chi connectivity index (χ3n) is 4.61. The molecule has 1 aromatic carbocycles. The Kier molecular flexibility index (Phi) is 4.39. The summed E-state index contributed by atoms with van der Waals surface area (Å²) in [6.45, 7) is 0.486. The van der Waals surface area contributed by atoms with E-state index in [4.69, 9.17) is 4.74 Å². The number of ether oxygens (including phenoxy) is 1. The van der Waals surface area contributed by atoms with E-state index >= 15 is 0 Å². The maximum atomic E-state index is 14.0. The van der Waals surface area contributed by atoms with Crippen LogP contribution in [0.25, 0.3) is 5.52 Å². The first-order valence-electron chi connectivity index (χ1n) is 9.29. The second-order valence-corrected chi connectivity index (χ2v) is 8.65. The van der Waals surface area contributed by atoms with Gasteiger partial charge in [0.15, 0.2) is 11.3 Å². The standard InChI is InChI=1S/C19H17FN6O3S/c20-15-4-1-2-5-17(15)30(27,28)23-19-18-16(29-14-6-7-14)10-13(12-26(18)24-22-19)11-25-9-3-8-21-25/h1-5,8-10,12,14,23H,6-7,11H2. The molecule has 1 aliphatic rings. The molecule has 0 atom stereocenters. The van der Waals surface area contributed by atoms with E-state index in [1.807, 2.05) is 18.3 Å². The van der Waals surface area contributed by atoms with Gasteiger partial charge in [-0.2, -0.15) is 5.10 Å². The second kappa shape index (κ2) is 7.10. The number of pyridine rings is 1. The molecule has 0 amide bonds. The first-order chi connectivity index (χ1) is 14.5. The third-order valence-corrected chi connectivity index (χ3v) is 5.98. The van der Waals surface area contributed by atoms with Crippen molar-refractivity contribution in [1.29, 1.82) is 0 Å². The molecule has 9 nitrogen and oxygen atoms in total. The van der Waals surface area contributed by atoms with Crippen molar-refractivity contribution in [2.75, 3.05) is 4.72 Å². The molecule has 1 N–H and O–H groups in total. The van der Waals surface area contributed by atoms with Crippen LogP contribution in [0.4, 0.5) is 10.2 Å². The van der Waals surface area contributed by atoms with Gasteiger partial charge in [0.2, 0.25) is 0 Å². The highest BCUT2D eigenvalue weighted by molar-refractivity contribution is 7.92. The summed E-state index contributed by atoms with van der Waals surface area (Å²) >= 11 is 0. The van der Waals surface area contributed by atoms with Crippen molar-refractivity contribution in [3.63, 3.8) is 0 Å². The van der Waals surface area contributed by atoms with E-state index in [1.165, 1.54) is 22.7 Å². The number of anilines is 1. The zero-order valence-corrected chi connectivity index (χ0v) is 16.5. The van der Waals surface area contributed by atoms with E-state index in [0.29, 0.717) is 17.8 Å². The van der Waals surface area contributed by atoms with Crippen LogP contribution in [0.3, 0.4) is 0 Å². The Hall–Kier alpha value is -3.47. The Morgan fingerprint density at radius 2 is 2.07 bits per heavy atom. The molecule has 0 bridgehead atoms. The van der Waals surface area contributed by atoms with Crippen molar-refractivity contribution < 1.29 is 17.5 Å². The topological polar surface area (TPSA) is 103 Å². The summed E-state index contributed by atoms with van der Waals surface area (Å²) in [6, 6.07) is 8.79. The van der Waals surface area contributed by atoms with E-state index in [-0.39, 0.29) is 11.9 Å². The monoisotopic (exact) mass is 428 g/mol. The fraction of sp³-hybridized carbons (Fsp3) is 0.211. The molecular formula is C19H17FN6O3S. The van der Waals surface area contributed by atoms with Crippen LogP contribution in [0.5, 0.6) is 5.75 Å². The van der Waals surface area contributed by atoms with Crippen LogP contribution in [0.15, 0.2) is 59.9 Å². The van der Waals surface area contributed by atoms with Gasteiger partial charge in [0.1, 0.15) is 16.5 Å². The highest BCUT2D eigenvalue weighted by Crippen LogP contribution is 2.34. The number of benzene rings is 1. The smallest absolute Gasteiger partial charge is 0.266 e. The Balaban J connectivity index is 1.55. The fourth-order valence-electron chi connectivity index (χ4n) is 3.08. The predicted molar refractivity (Wildman–Crippen MR) is 105 cm³/mol. The minimum atomic E-state index is -4.20. The summed E-state index contributed by atoms with van der Waals surface area (Å²) < 4.78 is 51.0. The first-order valence-corrected chi connectivity index (χ1v) is 10.8. The highest BCUT2D eigenvalue weighted by Gasteiger charge is 2.28. The first kappa shape index (κ1) is 18.6. The quantitative estimate of drug-likeness (QED) is 0.485. The van der Waals surface area contributed by atoms with E-state index in [9.17, 15) is 12.8 Å². The van der Waals surface area contributed by atoms with Crippen LogP contribution >= 0.6 is 0 Å². The third kappa shape index (κ3) is 3.59. The lowest BCUT2D eigenvalue weighted by Crippen LogP contribution is -2.15. The van der Waals surface area contributed by atoms with Crippen LogP contribution in [-0.4, -0.2) is 39.1 Å². The molecule has 1 fully saturated rings. The average molecular weight is 428 g/mol. The van der Waals surface area contributed by atoms with Gasteiger partial charge in [-0.25, -0.2) is 17.3 Å². The van der Waals surface area contributed by atoms with Crippen LogP contribution in [0.2, 0.25) is 0 Å². The van der Waals surface area contributed by atoms with E-state index in [2.05, 4.69) is 20.1 Å². The van der Waals surface area contributed by atoms with Gasteiger partial charge in [-0.1, -0.05) is 17.3 Å². The molecule has 4 aromatic rings. The molecule has 0 radical (unpaired) electrons. The number of nitrogens with one attached hydrogen (secondary N) is 1. The maximum absolute atomic E-state index is 14.0. The lowest BCUT2D eigenvalue weighted by Gasteiger charge is -2.11. The molecule has 0 aliphatic heterocycles. The molecular weight excluding hydrogens is 411 g/mol. The molecule has 1 aliphatic carbocycles. The number of fused-ring (bicyclic) bond motifs is 1. The number of halogens is 1. The van der Waals surface area contributed by atoms with Gasteiger partial charge < -0.3 is 4.74 Å². The molecule has 3 aromatic heterocycles. The summed E-state index contributed by atoms with van der Waals surface area (Å²) in [4.78, 5) is -0.467. The Labute approximate surface area is 171 Å². The van der Waals surface area contributed by atoms with Crippen LogP contribution in [0, 0.1) is 5.82 Å². The molecule has 30 heavy (non-hydrogen) atoms. The van der Waals surface area contributed by atoms with Gasteiger partial charge in [-0.05, 0) is 42.7 Å². The van der Waals surface area contributed by atoms with Gasteiger partial charge in [0, 0.05) is 18.6 Å². The number of nitrogens with zero attached hydrogens (tertiary/aromatic N) is 5. The summed E-state index contributed by atoms with van der Waals surface area (Å²) in [5, 5.41) is 12.2. The number of sulfonamides is 1. The van der Waals surface area contributed by atoms with Gasteiger partial charge in [-0.3, -0.25) is 9.40 Å². The number of rotatable bonds is 7. The van der Waals surface area contributed by atoms with Gasteiger partial charge in [0.05, 0.1) is 12.6 Å². The summed E-state index contributed by atoms with van der Waals surface area (Å²) in [6.07, 6.45) is 7.16. The number of hydrogen-bond acceptors (Lipinski definition) is 6. The van der Waals surface area contributed by atoms with E-state index < -0.39 is 20.7 Å². The zero-order valence-electron chi connectivity index (χ0n) is 15.6. The van der Waals surface area contributed by atoms with Crippen LogP contribution in [-0.2, 0) is 16.6 Å². The highest BCUT2D eigenvalue weighted by atomic mass is 32.2. The molecule has 5 rings (SSSR count). The second-order valence-electron chi connectivity index (χ2n) is 7.00. The number of hydrogen-bond donors (Lipinski definition) is 1. The van der Waals surface area contributed by atoms with Crippen molar-refractivity contribution >= 4 is 21.4 Å². The van der Waals surface area contributed by atoms with Crippen LogP contribution < -0.4 is 9.46 Å². The number of aromatic nitrogens is 5. The SMILES string of the molecule is O=S(=O)(Nc1nnn2cc(Cn3cccn3)cc(OC3CC3)c12)c1ccccc1F. The summed E-state index contributed by atoms with van der Waals surface area (Å²) in [7, 11) is -4.20. The van der Waals surface area contributed by atoms with Gasteiger partial charge in [0.25, 0.3) is 10.0 Å². The molecule has 11 heteroatoms. The molecule has 0 saturated heterocycles. The predicted octanol–water partition coefficient (Wildman–Crippen LogP) is 2.46. The minimum absolute atomic E-state index is 0.0282. The maximum Gasteiger partial charge on any atom is 0.266 e. The minimum Gasteiger partial charge on any atom is -0.488 e. The molecule has 3 heterocycles. The van der Waals surface area contributed by atoms with E-state index in [0.717, 1.165) is 24.5 Å². The average Bonchev–Trinajstić information content (AvgIpc) is 3.20. The molecule has 154 valence electrons. The van der Waals surface area contributed by atoms with Crippen molar-refractivity contribution in [3.05, 3.63) is 66.4 Å². The van der Waals surface area contributed by atoms with Crippen molar-refractivity contribution in [2.45, 2.75) is 30.4 Å². The summed E-state index contributed by atoms with van der Waals surface area (Å²) in [5.41, 5.74) is 1.22. The fourth-order valence-corrected chi connectivity index (χ4v) is 4.17. The Morgan fingerprint density at radius 3 is 2.80 bits per heavy atom. The molecule has 0 spiro atoms. The summed E-state index contributed by atoms with van der Waals surface area (Å²) in [5.74, 6) is -0.421. The van der Waals surface area contributed by atoms with Crippen LogP contribution in [0.1, 0.15) is 18.4 Å². The van der Waals surface area contributed by atoms with Crippen molar-refractivity contribution in [2.24, 2.45) is 0 Å². The van der Waals surface area contributed by atoms with Crippen molar-refractivity contribution in [1.82, 2.24) is 24.6 Å². The lowest BCUT2D eigenvalue weighted by atomic mass is 10.2. The Morgan fingerprint density at radius 1 is 1.23 bits per heavy atom. The molecule has 1 saturated carbocycles. The largest absolute Gasteiger partial charge is 0.488 e. The normalized spacial score (nSPS) is 14.2. The lowest BCUT2D eigenvalue weighted by molar-refractivity contribution is 0.305.